The van der Waals surface area contributed by atoms with Crippen LogP contribution in [-0.2, 0) is 0 Å². The van der Waals surface area contributed by atoms with Crippen LogP contribution in [0.1, 0.15) is 20.8 Å². The Morgan fingerprint density at radius 3 is 1.88 bits per heavy atom. The number of hydrogen-bond donors (Lipinski definition) is 1. The fourth-order valence-corrected chi connectivity index (χ4v) is 0.528. The molecule has 0 aliphatic carbocycles. The van der Waals surface area contributed by atoms with E-state index in [2.05, 4.69) is 5.32 Å². The van der Waals surface area contributed by atoms with E-state index in [9.17, 15) is 4.79 Å². The van der Waals surface area contributed by atoms with E-state index >= 15 is 0 Å². The second-order valence-corrected chi connectivity index (χ2v) is 2.93. The molecule has 0 spiro atoms. The molecule has 0 bridgehead atoms. The lowest BCUT2D eigenvalue weighted by atomic mass is 10.0. The van der Waals surface area contributed by atoms with Gasteiger partial charge in [-0.3, -0.25) is 4.79 Å². The van der Waals surface area contributed by atoms with Crippen LogP contribution in [0.4, 0.5) is 4.79 Å². The lowest BCUT2D eigenvalue weighted by molar-refractivity contribution is 0.252. The Labute approximate surface area is 51.1 Å². The molecule has 2 nitrogen and oxygen atoms in total. The average Bonchev–Trinajstić information content (AvgIpc) is 1.21. The first-order valence-corrected chi connectivity index (χ1v) is 2.70. The molecule has 0 saturated heterocycles. The molecule has 0 heterocycles. The van der Waals surface area contributed by atoms with Crippen molar-refractivity contribution in [3.8, 4) is 0 Å². The van der Waals surface area contributed by atoms with E-state index in [0.717, 1.165) is 0 Å². The number of carbonyl (C=O) groups is 1. The van der Waals surface area contributed by atoms with E-state index < -0.39 is 0 Å². The van der Waals surface area contributed by atoms with Gasteiger partial charge in [0.2, 0.25) is 7.85 Å². The van der Waals surface area contributed by atoms with Crippen molar-refractivity contribution in [3.63, 3.8) is 0 Å². The zero-order chi connectivity index (χ0) is 6.78. The largest absolute Gasteiger partial charge is 0.361 e. The molecular formula is C5H12BNO. The summed E-state index contributed by atoms with van der Waals surface area (Å²) in [4.78, 5) is 10.3. The molecule has 0 unspecified atom stereocenters. The van der Waals surface area contributed by atoms with Gasteiger partial charge >= 0.3 is 0 Å². The molecule has 1 N–H and O–H groups in total. The highest BCUT2D eigenvalue weighted by Gasteiger charge is 2.08. The molecule has 0 aliphatic heterocycles. The van der Waals surface area contributed by atoms with Crippen molar-refractivity contribution in [1.82, 2.24) is 5.32 Å². The summed E-state index contributed by atoms with van der Waals surface area (Å²) in [5, 5.41) is 2.74. The van der Waals surface area contributed by atoms with E-state index in [4.69, 9.17) is 0 Å². The van der Waals surface area contributed by atoms with E-state index in [1.165, 1.54) is 7.85 Å². The van der Waals surface area contributed by atoms with Gasteiger partial charge in [0.1, 0.15) is 0 Å². The molecule has 46 valence electrons. The normalized spacial score (nSPS) is 10.9. The summed E-state index contributed by atoms with van der Waals surface area (Å²) < 4.78 is 0. The molecule has 0 aliphatic rings. The zero-order valence-corrected chi connectivity index (χ0v) is 5.91. The number of hydrogen-bond acceptors (Lipinski definition) is 1. The van der Waals surface area contributed by atoms with Crippen molar-refractivity contribution in [3.05, 3.63) is 0 Å². The van der Waals surface area contributed by atoms with E-state index in [1.807, 2.05) is 20.8 Å². The molecular weight excluding hydrogens is 101 g/mol. The molecule has 0 atom stereocenters. The molecule has 8 heavy (non-hydrogen) atoms. The number of amides is 1. The summed E-state index contributed by atoms with van der Waals surface area (Å²) in [6.07, 6.45) is 0. The average molecular weight is 113 g/mol. The third kappa shape index (κ3) is 5.53. The SMILES string of the molecule is BC(=O)NC(C)(C)C. The summed E-state index contributed by atoms with van der Waals surface area (Å²) >= 11 is 0. The topological polar surface area (TPSA) is 29.1 Å². The van der Waals surface area contributed by atoms with E-state index in [1.54, 1.807) is 0 Å². The van der Waals surface area contributed by atoms with Gasteiger partial charge in [0.25, 0.3) is 0 Å². The minimum Gasteiger partial charge on any atom is -0.361 e. The van der Waals surface area contributed by atoms with Gasteiger partial charge in [0, 0.05) is 5.54 Å². The van der Waals surface area contributed by atoms with Crippen LogP contribution in [0, 0.1) is 0 Å². The lowest BCUT2D eigenvalue weighted by Gasteiger charge is -2.18. The summed E-state index contributed by atoms with van der Waals surface area (Å²) in [6, 6.07) is 0. The quantitative estimate of drug-likeness (QED) is 0.444. The highest BCUT2D eigenvalue weighted by molar-refractivity contribution is 6.57. The maximum Gasteiger partial charge on any atom is 0.215 e. The van der Waals surface area contributed by atoms with Gasteiger partial charge in [-0.2, -0.15) is 0 Å². The van der Waals surface area contributed by atoms with Gasteiger partial charge in [0.05, 0.1) is 0 Å². The van der Waals surface area contributed by atoms with Crippen LogP contribution in [0.15, 0.2) is 0 Å². The van der Waals surface area contributed by atoms with Crippen LogP contribution in [0.2, 0.25) is 0 Å². The molecule has 0 fully saturated rings. The van der Waals surface area contributed by atoms with Crippen molar-refractivity contribution in [1.29, 1.82) is 0 Å². The maximum atomic E-state index is 10.3. The molecule has 0 aromatic carbocycles. The molecule has 0 radical (unpaired) electrons. The highest BCUT2D eigenvalue weighted by atomic mass is 16.1. The number of nitrogens with one attached hydrogen (secondary N) is 1. The van der Waals surface area contributed by atoms with E-state index in [-0.39, 0.29) is 11.3 Å². The molecule has 0 saturated carbocycles. The zero-order valence-electron chi connectivity index (χ0n) is 5.91. The Kier molecular flexibility index (Phi) is 2.07. The molecule has 0 aromatic heterocycles. The summed E-state index contributed by atoms with van der Waals surface area (Å²) in [6.45, 7) is 5.86. The van der Waals surface area contributed by atoms with Gasteiger partial charge in [-0.1, -0.05) is 0 Å². The molecule has 0 aromatic rings. The van der Waals surface area contributed by atoms with E-state index in [0.29, 0.717) is 0 Å². The minimum atomic E-state index is -0.0775. The fraction of sp³-hybridized carbons (Fsp3) is 0.800. The third-order valence-corrected chi connectivity index (χ3v) is 0.551. The third-order valence-electron chi connectivity index (χ3n) is 0.551. The van der Waals surface area contributed by atoms with Crippen LogP contribution >= 0.6 is 0 Å². The predicted octanol–water partition coefficient (Wildman–Crippen LogP) is 0.128. The first-order valence-electron chi connectivity index (χ1n) is 2.70. The Hall–Kier alpha value is -0.465. The van der Waals surface area contributed by atoms with Gasteiger partial charge in [0.15, 0.2) is 5.81 Å². The molecule has 1 amide bonds. The predicted molar refractivity (Wildman–Crippen MR) is 36.8 cm³/mol. The van der Waals surface area contributed by atoms with Gasteiger partial charge in [-0.15, -0.1) is 0 Å². The van der Waals surface area contributed by atoms with Crippen molar-refractivity contribution in [2.75, 3.05) is 0 Å². The van der Waals surface area contributed by atoms with Crippen LogP contribution < -0.4 is 5.32 Å². The van der Waals surface area contributed by atoms with Crippen molar-refractivity contribution in [2.24, 2.45) is 0 Å². The Bertz CT molecular complexity index is 95.1. The van der Waals surface area contributed by atoms with Crippen molar-refractivity contribution < 1.29 is 4.79 Å². The summed E-state index contributed by atoms with van der Waals surface area (Å²) in [5.74, 6) is 0.0255. The van der Waals surface area contributed by atoms with Gasteiger partial charge in [-0.05, 0) is 20.8 Å². The number of rotatable bonds is 0. The van der Waals surface area contributed by atoms with Crippen molar-refractivity contribution >= 4 is 13.7 Å². The summed E-state index contributed by atoms with van der Waals surface area (Å²) in [5.41, 5.74) is -0.0775. The van der Waals surface area contributed by atoms with Crippen LogP contribution in [-0.4, -0.2) is 19.2 Å². The Morgan fingerprint density at radius 2 is 1.88 bits per heavy atom. The second-order valence-electron chi connectivity index (χ2n) is 2.93. The van der Waals surface area contributed by atoms with Crippen molar-refractivity contribution in [2.45, 2.75) is 26.3 Å². The van der Waals surface area contributed by atoms with Gasteiger partial charge in [-0.25, -0.2) is 0 Å². The Morgan fingerprint density at radius 1 is 1.50 bits per heavy atom. The Balaban J connectivity index is 3.55. The molecule has 0 rings (SSSR count). The summed E-state index contributed by atoms with van der Waals surface area (Å²) in [7, 11) is 1.52. The second kappa shape index (κ2) is 2.20. The first-order chi connectivity index (χ1) is 3.42. The maximum absolute atomic E-state index is 10.3. The van der Waals surface area contributed by atoms with Crippen LogP contribution in [0.3, 0.4) is 0 Å². The highest BCUT2D eigenvalue weighted by Crippen LogP contribution is 1.96. The standard InChI is InChI=1S/C5H12BNO/c1-5(2,3)7-4(6)8/h6H2,1-3H3,(H,7,8). The lowest BCUT2D eigenvalue weighted by Crippen LogP contribution is -2.39. The van der Waals surface area contributed by atoms with Gasteiger partial charge < -0.3 is 5.32 Å². The van der Waals surface area contributed by atoms with Crippen LogP contribution in [0.5, 0.6) is 0 Å². The monoisotopic (exact) mass is 113 g/mol. The fourth-order valence-electron chi connectivity index (χ4n) is 0.528. The first kappa shape index (κ1) is 7.53. The number of carbonyl (C=O) groups excluding carboxylic acids is 1. The smallest absolute Gasteiger partial charge is 0.215 e. The minimum absolute atomic E-state index is 0.0255. The molecule has 3 heteroatoms. The van der Waals surface area contributed by atoms with Crippen LogP contribution in [0.25, 0.3) is 0 Å².